The van der Waals surface area contributed by atoms with Crippen molar-refractivity contribution >= 4 is 18.4 Å². The highest BCUT2D eigenvalue weighted by molar-refractivity contribution is 5.94. The Balaban J connectivity index is 0.00000108. The summed E-state index contributed by atoms with van der Waals surface area (Å²) in [7, 11) is 0. The number of fused-ring (bicyclic) bond motifs is 3. The number of halogens is 1. The Morgan fingerprint density at radius 1 is 1.00 bits per heavy atom. The first-order chi connectivity index (χ1) is 7.77. The van der Waals surface area contributed by atoms with Crippen LogP contribution in [0.4, 0.5) is 0 Å². The van der Waals surface area contributed by atoms with Gasteiger partial charge in [0.1, 0.15) is 0 Å². The number of carboxylic acids is 1. The SMILES string of the molecule is Cl.O=C(O)c1cccc2c1Cc1ccccc1-2. The fourth-order valence-corrected chi connectivity index (χ4v) is 2.36. The largest absolute Gasteiger partial charge is 0.478 e. The Kier molecular flexibility index (Phi) is 2.90. The number of carbonyl (C=O) groups is 1. The molecule has 2 nitrogen and oxygen atoms in total. The van der Waals surface area contributed by atoms with Crippen molar-refractivity contribution in [3.8, 4) is 11.1 Å². The molecule has 0 amide bonds. The fraction of sp³-hybridized carbons (Fsp3) is 0.0714. The summed E-state index contributed by atoms with van der Waals surface area (Å²) in [5.41, 5.74) is 4.81. The van der Waals surface area contributed by atoms with Crippen molar-refractivity contribution in [2.24, 2.45) is 0 Å². The maximum Gasteiger partial charge on any atom is 0.335 e. The van der Waals surface area contributed by atoms with Gasteiger partial charge < -0.3 is 5.11 Å². The zero-order chi connectivity index (χ0) is 11.1. The predicted octanol–water partition coefficient (Wildman–Crippen LogP) is 3.38. The molecule has 1 N–H and O–H groups in total. The number of carboxylic acid groups (broad SMARTS) is 1. The molecule has 0 aromatic heterocycles. The maximum absolute atomic E-state index is 11.1. The van der Waals surface area contributed by atoms with Gasteiger partial charge in [0.05, 0.1) is 5.56 Å². The molecule has 0 spiro atoms. The van der Waals surface area contributed by atoms with Crippen molar-refractivity contribution in [2.45, 2.75) is 6.42 Å². The Morgan fingerprint density at radius 3 is 2.47 bits per heavy atom. The van der Waals surface area contributed by atoms with Crippen LogP contribution in [0.3, 0.4) is 0 Å². The van der Waals surface area contributed by atoms with Gasteiger partial charge in [0.15, 0.2) is 0 Å². The summed E-state index contributed by atoms with van der Waals surface area (Å²) >= 11 is 0. The standard InChI is InChI=1S/C14H10O2.ClH/c15-14(16)12-7-3-6-11-10-5-2-1-4-9(10)8-13(11)12;/h1-7H,8H2,(H,15,16);1H. The third-order valence-corrected chi connectivity index (χ3v) is 3.08. The predicted molar refractivity (Wildman–Crippen MR) is 68.9 cm³/mol. The highest BCUT2D eigenvalue weighted by Gasteiger charge is 2.22. The molecule has 2 aromatic rings. The van der Waals surface area contributed by atoms with Crippen LogP contribution >= 0.6 is 12.4 Å². The number of benzene rings is 2. The zero-order valence-electron chi connectivity index (χ0n) is 9.01. The Labute approximate surface area is 105 Å². The van der Waals surface area contributed by atoms with E-state index >= 15 is 0 Å². The van der Waals surface area contributed by atoms with Crippen molar-refractivity contribution in [1.82, 2.24) is 0 Å². The molecule has 0 bridgehead atoms. The molecule has 17 heavy (non-hydrogen) atoms. The number of hydrogen-bond donors (Lipinski definition) is 1. The highest BCUT2D eigenvalue weighted by atomic mass is 35.5. The van der Waals surface area contributed by atoms with Crippen LogP contribution in [-0.4, -0.2) is 11.1 Å². The second kappa shape index (κ2) is 4.22. The van der Waals surface area contributed by atoms with Gasteiger partial charge in [-0.3, -0.25) is 0 Å². The molecule has 1 aliphatic rings. The van der Waals surface area contributed by atoms with E-state index in [4.69, 9.17) is 5.11 Å². The molecular formula is C14H11ClO2. The minimum absolute atomic E-state index is 0. The van der Waals surface area contributed by atoms with Crippen molar-refractivity contribution in [3.05, 3.63) is 59.2 Å². The van der Waals surface area contributed by atoms with Crippen LogP contribution in [0.25, 0.3) is 11.1 Å². The van der Waals surface area contributed by atoms with E-state index < -0.39 is 5.97 Å². The topological polar surface area (TPSA) is 37.3 Å². The van der Waals surface area contributed by atoms with Crippen molar-refractivity contribution in [3.63, 3.8) is 0 Å². The summed E-state index contributed by atoms with van der Waals surface area (Å²) < 4.78 is 0. The lowest BCUT2D eigenvalue weighted by Gasteiger charge is -2.03. The van der Waals surface area contributed by atoms with Gasteiger partial charge in [0.2, 0.25) is 0 Å². The molecule has 3 heteroatoms. The third kappa shape index (κ3) is 1.71. The van der Waals surface area contributed by atoms with E-state index in [1.54, 1.807) is 6.07 Å². The van der Waals surface area contributed by atoms with Gasteiger partial charge in [0.25, 0.3) is 0 Å². The molecule has 0 radical (unpaired) electrons. The molecule has 0 aliphatic heterocycles. The van der Waals surface area contributed by atoms with Crippen molar-refractivity contribution in [2.75, 3.05) is 0 Å². The average Bonchev–Trinajstić information content (AvgIpc) is 2.67. The lowest BCUT2D eigenvalue weighted by Crippen LogP contribution is -2.01. The zero-order valence-corrected chi connectivity index (χ0v) is 9.83. The van der Waals surface area contributed by atoms with Gasteiger partial charge in [-0.05, 0) is 34.7 Å². The summed E-state index contributed by atoms with van der Waals surface area (Å²) in [5.74, 6) is -0.843. The number of rotatable bonds is 1. The van der Waals surface area contributed by atoms with Gasteiger partial charge >= 0.3 is 5.97 Å². The van der Waals surface area contributed by atoms with Crippen LogP contribution in [0, 0.1) is 0 Å². The number of hydrogen-bond acceptors (Lipinski definition) is 1. The van der Waals surface area contributed by atoms with E-state index in [9.17, 15) is 4.79 Å². The molecule has 86 valence electrons. The molecule has 0 fully saturated rings. The van der Waals surface area contributed by atoms with E-state index in [0.29, 0.717) is 5.56 Å². The van der Waals surface area contributed by atoms with E-state index in [2.05, 4.69) is 6.07 Å². The lowest BCUT2D eigenvalue weighted by atomic mass is 10.0. The van der Waals surface area contributed by atoms with Crippen LogP contribution in [0.1, 0.15) is 21.5 Å². The molecule has 0 saturated heterocycles. The molecule has 0 atom stereocenters. The third-order valence-electron chi connectivity index (χ3n) is 3.08. The van der Waals surface area contributed by atoms with E-state index in [0.717, 1.165) is 17.5 Å². The van der Waals surface area contributed by atoms with Crippen LogP contribution in [0.15, 0.2) is 42.5 Å². The summed E-state index contributed by atoms with van der Waals surface area (Å²) in [6, 6.07) is 13.6. The summed E-state index contributed by atoms with van der Waals surface area (Å²) in [6.45, 7) is 0. The van der Waals surface area contributed by atoms with Crippen LogP contribution in [0.5, 0.6) is 0 Å². The summed E-state index contributed by atoms with van der Waals surface area (Å²) in [6.07, 6.45) is 0.730. The summed E-state index contributed by atoms with van der Waals surface area (Å²) in [5, 5.41) is 9.13. The first kappa shape index (κ1) is 11.7. The van der Waals surface area contributed by atoms with E-state index in [-0.39, 0.29) is 12.4 Å². The van der Waals surface area contributed by atoms with Gasteiger partial charge in [-0.15, -0.1) is 12.4 Å². The van der Waals surface area contributed by atoms with Gasteiger partial charge in [-0.2, -0.15) is 0 Å². The van der Waals surface area contributed by atoms with Crippen LogP contribution < -0.4 is 0 Å². The normalized spacial score (nSPS) is 11.3. The van der Waals surface area contributed by atoms with Gasteiger partial charge in [-0.25, -0.2) is 4.79 Å². The molecular weight excluding hydrogens is 236 g/mol. The highest BCUT2D eigenvalue weighted by Crippen LogP contribution is 2.37. The Hall–Kier alpha value is -1.80. The minimum atomic E-state index is -0.843. The van der Waals surface area contributed by atoms with Gasteiger partial charge in [-0.1, -0.05) is 36.4 Å². The fourth-order valence-electron chi connectivity index (χ4n) is 2.36. The summed E-state index contributed by atoms with van der Waals surface area (Å²) in [4.78, 5) is 11.1. The second-order valence-corrected chi connectivity index (χ2v) is 3.97. The van der Waals surface area contributed by atoms with E-state index in [1.165, 1.54) is 11.1 Å². The Morgan fingerprint density at radius 2 is 1.71 bits per heavy atom. The molecule has 0 unspecified atom stereocenters. The van der Waals surface area contributed by atoms with Crippen molar-refractivity contribution in [1.29, 1.82) is 0 Å². The quantitative estimate of drug-likeness (QED) is 0.715. The first-order valence-electron chi connectivity index (χ1n) is 5.21. The first-order valence-corrected chi connectivity index (χ1v) is 5.21. The van der Waals surface area contributed by atoms with Crippen molar-refractivity contribution < 1.29 is 9.90 Å². The van der Waals surface area contributed by atoms with Crippen LogP contribution in [0.2, 0.25) is 0 Å². The smallest absolute Gasteiger partial charge is 0.335 e. The molecule has 0 saturated carbocycles. The van der Waals surface area contributed by atoms with E-state index in [1.807, 2.05) is 30.3 Å². The Bertz CT molecular complexity index is 591. The molecule has 0 heterocycles. The van der Waals surface area contributed by atoms with Crippen LogP contribution in [-0.2, 0) is 6.42 Å². The van der Waals surface area contributed by atoms with Gasteiger partial charge in [0, 0.05) is 0 Å². The average molecular weight is 247 g/mol. The molecule has 1 aliphatic carbocycles. The maximum atomic E-state index is 11.1. The lowest BCUT2D eigenvalue weighted by molar-refractivity contribution is 0.0696. The number of aromatic carboxylic acids is 1. The molecule has 2 aromatic carbocycles. The molecule has 3 rings (SSSR count). The minimum Gasteiger partial charge on any atom is -0.478 e. The monoisotopic (exact) mass is 246 g/mol. The second-order valence-electron chi connectivity index (χ2n) is 3.97.